The highest BCUT2D eigenvalue weighted by atomic mass is 19.4. The predicted octanol–water partition coefficient (Wildman–Crippen LogP) is 4.15. The Kier molecular flexibility index (Phi) is 5.06. The Morgan fingerprint density at radius 2 is 1.77 bits per heavy atom. The molecule has 2 aromatic carbocycles. The van der Waals surface area contributed by atoms with E-state index in [9.17, 15) is 13.2 Å². The maximum Gasteiger partial charge on any atom is 0.416 e. The molecular weight excluding hydrogens is 347 g/mol. The standard InChI is InChI=1S/C19H18F3NO3/c1-24-17-8-12-6-7-23-16(15(12)10-18(17)25-2)11-26-14-5-3-4-13(9-14)19(20,21)22/h3-5,8-10H,6-7,11H2,1-2H3. The number of nitrogens with zero attached hydrogens (tertiary/aromatic N) is 1. The summed E-state index contributed by atoms with van der Waals surface area (Å²) in [5.74, 6) is 1.35. The lowest BCUT2D eigenvalue weighted by atomic mass is 9.97. The second-order valence-corrected chi connectivity index (χ2v) is 5.76. The highest BCUT2D eigenvalue weighted by molar-refractivity contribution is 6.04. The minimum atomic E-state index is -4.40. The third-order valence-electron chi connectivity index (χ3n) is 4.14. The average molecular weight is 365 g/mol. The predicted molar refractivity (Wildman–Crippen MR) is 91.6 cm³/mol. The van der Waals surface area contributed by atoms with E-state index in [2.05, 4.69) is 4.99 Å². The van der Waals surface area contributed by atoms with Crippen molar-refractivity contribution in [3.8, 4) is 17.2 Å². The van der Waals surface area contributed by atoms with Gasteiger partial charge < -0.3 is 14.2 Å². The molecule has 1 aliphatic rings. The molecule has 0 aliphatic carbocycles. The highest BCUT2D eigenvalue weighted by Gasteiger charge is 2.30. The molecule has 0 aromatic heterocycles. The number of hydrogen-bond acceptors (Lipinski definition) is 4. The summed E-state index contributed by atoms with van der Waals surface area (Å²) < 4.78 is 54.6. The minimum absolute atomic E-state index is 0.0732. The van der Waals surface area contributed by atoms with E-state index in [4.69, 9.17) is 14.2 Å². The summed E-state index contributed by atoms with van der Waals surface area (Å²) in [5, 5.41) is 0. The summed E-state index contributed by atoms with van der Waals surface area (Å²) >= 11 is 0. The minimum Gasteiger partial charge on any atom is -0.493 e. The van der Waals surface area contributed by atoms with Crippen LogP contribution in [0.2, 0.25) is 0 Å². The maximum absolute atomic E-state index is 12.8. The zero-order chi connectivity index (χ0) is 18.7. The van der Waals surface area contributed by atoms with Crippen molar-refractivity contribution in [1.29, 1.82) is 0 Å². The van der Waals surface area contributed by atoms with Gasteiger partial charge >= 0.3 is 6.18 Å². The molecule has 2 aromatic rings. The largest absolute Gasteiger partial charge is 0.493 e. The molecule has 0 atom stereocenters. The summed E-state index contributed by atoms with van der Waals surface area (Å²) in [5.41, 5.74) is 1.83. The van der Waals surface area contributed by atoms with E-state index in [1.54, 1.807) is 14.2 Å². The van der Waals surface area contributed by atoms with Crippen molar-refractivity contribution in [2.75, 3.05) is 27.4 Å². The van der Waals surface area contributed by atoms with E-state index >= 15 is 0 Å². The number of halogens is 3. The van der Waals surface area contributed by atoms with Crippen LogP contribution in [-0.4, -0.2) is 33.1 Å². The smallest absolute Gasteiger partial charge is 0.416 e. The van der Waals surface area contributed by atoms with Crippen LogP contribution in [0.5, 0.6) is 17.2 Å². The van der Waals surface area contributed by atoms with Gasteiger partial charge in [0.1, 0.15) is 12.4 Å². The van der Waals surface area contributed by atoms with E-state index < -0.39 is 11.7 Å². The van der Waals surface area contributed by atoms with Crippen molar-refractivity contribution in [1.82, 2.24) is 0 Å². The first-order valence-corrected chi connectivity index (χ1v) is 8.01. The number of hydrogen-bond donors (Lipinski definition) is 0. The molecule has 0 unspecified atom stereocenters. The van der Waals surface area contributed by atoms with Crippen LogP contribution in [0.3, 0.4) is 0 Å². The monoisotopic (exact) mass is 365 g/mol. The number of fused-ring (bicyclic) bond motifs is 1. The summed E-state index contributed by atoms with van der Waals surface area (Å²) in [6.07, 6.45) is -3.65. The van der Waals surface area contributed by atoms with Gasteiger partial charge in [-0.25, -0.2) is 0 Å². The van der Waals surface area contributed by atoms with Gasteiger partial charge in [0, 0.05) is 12.1 Å². The van der Waals surface area contributed by atoms with Gasteiger partial charge in [0.15, 0.2) is 11.5 Å². The Balaban J connectivity index is 1.81. The Bertz CT molecular complexity index is 831. The summed E-state index contributed by atoms with van der Waals surface area (Å²) in [4.78, 5) is 4.46. The molecule has 0 N–H and O–H groups in total. The number of aliphatic imine (C=N–C) groups is 1. The molecule has 0 amide bonds. The van der Waals surface area contributed by atoms with Crippen LogP contribution in [0.1, 0.15) is 16.7 Å². The van der Waals surface area contributed by atoms with Crippen LogP contribution in [0, 0.1) is 0 Å². The van der Waals surface area contributed by atoms with Crippen LogP contribution >= 0.6 is 0 Å². The number of alkyl halides is 3. The van der Waals surface area contributed by atoms with Crippen LogP contribution in [0.25, 0.3) is 0 Å². The number of rotatable bonds is 5. The van der Waals surface area contributed by atoms with Gasteiger partial charge in [-0.05, 0) is 42.3 Å². The molecule has 0 spiro atoms. The zero-order valence-electron chi connectivity index (χ0n) is 14.4. The molecule has 0 radical (unpaired) electrons. The first-order valence-electron chi connectivity index (χ1n) is 8.01. The molecule has 0 saturated carbocycles. The molecule has 7 heteroatoms. The molecule has 1 heterocycles. The molecule has 3 rings (SSSR count). The molecule has 0 bridgehead atoms. The average Bonchev–Trinajstić information content (AvgIpc) is 2.64. The third-order valence-corrected chi connectivity index (χ3v) is 4.14. The van der Waals surface area contributed by atoms with Crippen LogP contribution < -0.4 is 14.2 Å². The van der Waals surface area contributed by atoms with E-state index in [1.807, 2.05) is 12.1 Å². The lowest BCUT2D eigenvalue weighted by molar-refractivity contribution is -0.137. The second kappa shape index (κ2) is 7.27. The number of methoxy groups -OCH3 is 2. The Labute approximate surface area is 149 Å². The quantitative estimate of drug-likeness (QED) is 0.799. The molecule has 1 aliphatic heterocycles. The molecule has 0 saturated heterocycles. The van der Waals surface area contributed by atoms with Gasteiger partial charge in [0.05, 0.1) is 25.5 Å². The number of benzene rings is 2. The fraction of sp³-hybridized carbons (Fsp3) is 0.316. The van der Waals surface area contributed by atoms with Crippen LogP contribution in [0.4, 0.5) is 13.2 Å². The molecule has 138 valence electrons. The van der Waals surface area contributed by atoms with Crippen LogP contribution in [0.15, 0.2) is 41.4 Å². The number of ether oxygens (including phenoxy) is 3. The molecule has 0 fully saturated rings. The first kappa shape index (κ1) is 18.1. The molecular formula is C19H18F3NO3. The van der Waals surface area contributed by atoms with Gasteiger partial charge in [-0.15, -0.1) is 0 Å². The van der Waals surface area contributed by atoms with E-state index in [0.29, 0.717) is 23.8 Å². The zero-order valence-corrected chi connectivity index (χ0v) is 14.4. The van der Waals surface area contributed by atoms with Crippen molar-refractivity contribution >= 4 is 5.71 Å². The first-order chi connectivity index (χ1) is 12.4. The van der Waals surface area contributed by atoms with Gasteiger partial charge in [-0.3, -0.25) is 4.99 Å². The van der Waals surface area contributed by atoms with E-state index in [1.165, 1.54) is 12.1 Å². The Morgan fingerprint density at radius 1 is 1.04 bits per heavy atom. The van der Waals surface area contributed by atoms with Crippen molar-refractivity contribution < 1.29 is 27.4 Å². The summed E-state index contributed by atoms with van der Waals surface area (Å²) in [6.45, 7) is 0.660. The van der Waals surface area contributed by atoms with E-state index in [-0.39, 0.29) is 12.4 Å². The Hall–Kier alpha value is -2.70. The normalized spacial score (nSPS) is 13.7. The van der Waals surface area contributed by atoms with Crippen molar-refractivity contribution in [2.24, 2.45) is 4.99 Å². The van der Waals surface area contributed by atoms with Crippen molar-refractivity contribution in [2.45, 2.75) is 12.6 Å². The lowest BCUT2D eigenvalue weighted by Gasteiger charge is -2.20. The Morgan fingerprint density at radius 3 is 2.46 bits per heavy atom. The van der Waals surface area contributed by atoms with Gasteiger partial charge in [0.2, 0.25) is 0 Å². The van der Waals surface area contributed by atoms with Gasteiger partial charge in [-0.2, -0.15) is 13.2 Å². The lowest BCUT2D eigenvalue weighted by Crippen LogP contribution is -2.20. The molecule has 26 heavy (non-hydrogen) atoms. The summed E-state index contributed by atoms with van der Waals surface area (Å²) in [7, 11) is 3.11. The fourth-order valence-corrected chi connectivity index (χ4v) is 2.83. The topological polar surface area (TPSA) is 40.0 Å². The van der Waals surface area contributed by atoms with E-state index in [0.717, 1.165) is 29.7 Å². The van der Waals surface area contributed by atoms with Crippen LogP contribution in [-0.2, 0) is 12.6 Å². The SMILES string of the molecule is COc1cc2c(cc1OC)C(COc1cccc(C(F)(F)F)c1)=NCC2. The third kappa shape index (κ3) is 3.76. The van der Waals surface area contributed by atoms with Crippen molar-refractivity contribution in [3.05, 3.63) is 53.1 Å². The fourth-order valence-electron chi connectivity index (χ4n) is 2.83. The second-order valence-electron chi connectivity index (χ2n) is 5.76. The van der Waals surface area contributed by atoms with Gasteiger partial charge in [-0.1, -0.05) is 6.07 Å². The maximum atomic E-state index is 12.8. The summed E-state index contributed by atoms with van der Waals surface area (Å²) in [6, 6.07) is 8.53. The highest BCUT2D eigenvalue weighted by Crippen LogP contribution is 2.33. The van der Waals surface area contributed by atoms with Crippen molar-refractivity contribution in [3.63, 3.8) is 0 Å². The molecule has 4 nitrogen and oxygen atoms in total. The van der Waals surface area contributed by atoms with Gasteiger partial charge in [0.25, 0.3) is 0 Å².